The van der Waals surface area contributed by atoms with Crippen LogP contribution in [0.2, 0.25) is 10.0 Å². The summed E-state index contributed by atoms with van der Waals surface area (Å²) in [6.07, 6.45) is 0. The Morgan fingerprint density at radius 2 is 1.71 bits per heavy atom. The number of halogens is 2. The molecular formula is C21H16Cl2N2O3. The number of amides is 1. The van der Waals surface area contributed by atoms with Gasteiger partial charge in [0, 0.05) is 21.8 Å². The zero-order chi connectivity index (χ0) is 20.3. The molecule has 0 aliphatic heterocycles. The Bertz CT molecular complexity index is 1040. The zero-order valence-electron chi connectivity index (χ0n) is 14.9. The predicted octanol–water partition coefficient (Wildman–Crippen LogP) is 6.06. The minimum absolute atomic E-state index is 0.0122. The molecule has 7 heteroatoms. The summed E-state index contributed by atoms with van der Waals surface area (Å²) < 4.78 is 0. The highest BCUT2D eigenvalue weighted by molar-refractivity contribution is 6.35. The molecule has 3 rings (SSSR count). The normalized spacial score (nSPS) is 10.5. The van der Waals surface area contributed by atoms with Gasteiger partial charge in [0.15, 0.2) is 0 Å². The van der Waals surface area contributed by atoms with Crippen LogP contribution in [0, 0.1) is 17.0 Å². The van der Waals surface area contributed by atoms with Crippen molar-refractivity contribution in [2.75, 3.05) is 4.90 Å². The molecule has 1 amide bonds. The lowest BCUT2D eigenvalue weighted by molar-refractivity contribution is -0.385. The van der Waals surface area contributed by atoms with Gasteiger partial charge < -0.3 is 4.90 Å². The van der Waals surface area contributed by atoms with Gasteiger partial charge in [-0.1, -0.05) is 59.1 Å². The van der Waals surface area contributed by atoms with Gasteiger partial charge in [-0.25, -0.2) is 0 Å². The SMILES string of the molecule is Cc1ccc(N(Cc2ccc(Cl)cc2Cl)C(=O)c2ccccc2[N+](=O)[O-])cc1. The molecule has 0 saturated heterocycles. The number of anilines is 1. The highest BCUT2D eigenvalue weighted by Crippen LogP contribution is 2.28. The summed E-state index contributed by atoms with van der Waals surface area (Å²) in [5.41, 5.74) is 2.09. The molecule has 3 aromatic carbocycles. The summed E-state index contributed by atoms with van der Waals surface area (Å²) in [6, 6.07) is 18.3. The Balaban J connectivity index is 2.07. The van der Waals surface area contributed by atoms with E-state index in [1.54, 1.807) is 36.4 Å². The number of para-hydroxylation sites is 1. The number of hydrogen-bond donors (Lipinski definition) is 0. The second-order valence-electron chi connectivity index (χ2n) is 6.24. The van der Waals surface area contributed by atoms with Crippen LogP contribution in [0.25, 0.3) is 0 Å². The molecule has 0 heterocycles. The Labute approximate surface area is 172 Å². The van der Waals surface area contributed by atoms with Crippen LogP contribution in [0.5, 0.6) is 0 Å². The molecule has 142 valence electrons. The van der Waals surface area contributed by atoms with Crippen molar-refractivity contribution in [1.82, 2.24) is 0 Å². The molecule has 0 unspecified atom stereocenters. The smallest absolute Gasteiger partial charge is 0.282 e. The van der Waals surface area contributed by atoms with Crippen LogP contribution in [-0.4, -0.2) is 10.8 Å². The van der Waals surface area contributed by atoms with E-state index in [2.05, 4.69) is 0 Å². The second-order valence-corrected chi connectivity index (χ2v) is 7.08. The maximum atomic E-state index is 13.3. The lowest BCUT2D eigenvalue weighted by Crippen LogP contribution is -2.31. The summed E-state index contributed by atoms with van der Waals surface area (Å²) in [7, 11) is 0. The number of aryl methyl sites for hydroxylation is 1. The first-order valence-electron chi connectivity index (χ1n) is 8.42. The van der Waals surface area contributed by atoms with Crippen LogP contribution in [0.3, 0.4) is 0 Å². The number of benzene rings is 3. The number of rotatable bonds is 5. The van der Waals surface area contributed by atoms with Crippen molar-refractivity contribution in [1.29, 1.82) is 0 Å². The van der Waals surface area contributed by atoms with E-state index >= 15 is 0 Å². The van der Waals surface area contributed by atoms with Gasteiger partial charge in [0.2, 0.25) is 0 Å². The first-order chi connectivity index (χ1) is 13.4. The average Bonchev–Trinajstić information content (AvgIpc) is 2.68. The van der Waals surface area contributed by atoms with Crippen molar-refractivity contribution in [3.05, 3.63) is 104 Å². The number of nitrogens with zero attached hydrogens (tertiary/aromatic N) is 2. The van der Waals surface area contributed by atoms with Crippen LogP contribution < -0.4 is 4.90 Å². The van der Waals surface area contributed by atoms with Crippen molar-refractivity contribution in [2.45, 2.75) is 13.5 Å². The van der Waals surface area contributed by atoms with E-state index < -0.39 is 10.8 Å². The molecule has 28 heavy (non-hydrogen) atoms. The molecule has 0 aromatic heterocycles. The molecule has 0 aliphatic carbocycles. The fourth-order valence-corrected chi connectivity index (χ4v) is 3.25. The van der Waals surface area contributed by atoms with Gasteiger partial charge in [0.25, 0.3) is 11.6 Å². The van der Waals surface area contributed by atoms with Gasteiger partial charge in [0.1, 0.15) is 5.56 Å². The van der Waals surface area contributed by atoms with Crippen molar-refractivity contribution >= 4 is 40.5 Å². The van der Waals surface area contributed by atoms with Crippen LogP contribution in [0.15, 0.2) is 66.7 Å². The second kappa shape index (κ2) is 8.42. The third kappa shape index (κ3) is 4.32. The predicted molar refractivity (Wildman–Crippen MR) is 111 cm³/mol. The quantitative estimate of drug-likeness (QED) is 0.376. The third-order valence-corrected chi connectivity index (χ3v) is 4.85. The lowest BCUT2D eigenvalue weighted by atomic mass is 10.1. The number of carbonyl (C=O) groups excluding carboxylic acids is 1. The van der Waals surface area contributed by atoms with Crippen molar-refractivity contribution in [2.24, 2.45) is 0 Å². The number of carbonyl (C=O) groups is 1. The fourth-order valence-electron chi connectivity index (χ4n) is 2.78. The first-order valence-corrected chi connectivity index (χ1v) is 9.18. The molecule has 3 aromatic rings. The largest absolute Gasteiger partial charge is 0.304 e. The topological polar surface area (TPSA) is 63.5 Å². The standard InChI is InChI=1S/C21H16Cl2N2O3/c1-14-6-10-17(11-7-14)24(13-15-8-9-16(22)12-19(15)23)21(26)18-4-2-3-5-20(18)25(27)28/h2-12H,13H2,1H3. The Morgan fingerprint density at radius 1 is 1.04 bits per heavy atom. The van der Waals surface area contributed by atoms with E-state index in [4.69, 9.17) is 23.2 Å². The lowest BCUT2D eigenvalue weighted by Gasteiger charge is -2.24. The fraction of sp³-hybridized carbons (Fsp3) is 0.0952. The Hall–Kier alpha value is -2.89. The molecule has 0 radical (unpaired) electrons. The van der Waals surface area contributed by atoms with E-state index in [0.717, 1.165) is 5.56 Å². The molecule has 0 saturated carbocycles. The Kier molecular flexibility index (Phi) is 5.97. The number of nitro benzene ring substituents is 1. The highest BCUT2D eigenvalue weighted by atomic mass is 35.5. The minimum atomic E-state index is -0.560. The first kappa shape index (κ1) is 19.9. The van der Waals surface area contributed by atoms with Gasteiger partial charge in [-0.2, -0.15) is 0 Å². The van der Waals surface area contributed by atoms with E-state index in [-0.39, 0.29) is 17.8 Å². The summed E-state index contributed by atoms with van der Waals surface area (Å²) in [6.45, 7) is 2.08. The van der Waals surface area contributed by atoms with E-state index in [1.165, 1.54) is 23.1 Å². The van der Waals surface area contributed by atoms with E-state index in [1.807, 2.05) is 19.1 Å². The molecule has 0 bridgehead atoms. The van der Waals surface area contributed by atoms with Gasteiger partial charge in [-0.15, -0.1) is 0 Å². The number of hydrogen-bond acceptors (Lipinski definition) is 3. The maximum absolute atomic E-state index is 13.3. The average molecular weight is 415 g/mol. The summed E-state index contributed by atoms with van der Waals surface area (Å²) in [5.74, 6) is -0.484. The molecule has 0 aliphatic rings. The maximum Gasteiger partial charge on any atom is 0.282 e. The summed E-state index contributed by atoms with van der Waals surface area (Å²) in [4.78, 5) is 25.6. The van der Waals surface area contributed by atoms with E-state index in [0.29, 0.717) is 21.3 Å². The van der Waals surface area contributed by atoms with Crippen molar-refractivity contribution < 1.29 is 9.72 Å². The van der Waals surface area contributed by atoms with Crippen molar-refractivity contribution in [3.8, 4) is 0 Å². The van der Waals surface area contributed by atoms with Crippen LogP contribution in [0.4, 0.5) is 11.4 Å². The van der Waals surface area contributed by atoms with Gasteiger partial charge in [-0.3, -0.25) is 14.9 Å². The number of nitro groups is 1. The van der Waals surface area contributed by atoms with Crippen LogP contribution in [0.1, 0.15) is 21.5 Å². The molecule has 0 spiro atoms. The van der Waals surface area contributed by atoms with Gasteiger partial charge in [0.05, 0.1) is 11.5 Å². The summed E-state index contributed by atoms with van der Waals surface area (Å²) >= 11 is 12.3. The molecule has 0 atom stereocenters. The molecule has 5 nitrogen and oxygen atoms in total. The zero-order valence-corrected chi connectivity index (χ0v) is 16.4. The third-order valence-electron chi connectivity index (χ3n) is 4.27. The highest BCUT2D eigenvalue weighted by Gasteiger charge is 2.26. The molecule has 0 N–H and O–H groups in total. The molecule has 0 fully saturated rings. The van der Waals surface area contributed by atoms with Crippen LogP contribution >= 0.6 is 23.2 Å². The minimum Gasteiger partial charge on any atom is -0.304 e. The van der Waals surface area contributed by atoms with Gasteiger partial charge >= 0.3 is 0 Å². The Morgan fingerprint density at radius 3 is 2.36 bits per heavy atom. The summed E-state index contributed by atoms with van der Waals surface area (Å²) in [5, 5.41) is 12.3. The van der Waals surface area contributed by atoms with Gasteiger partial charge in [-0.05, 0) is 42.8 Å². The van der Waals surface area contributed by atoms with E-state index in [9.17, 15) is 14.9 Å². The monoisotopic (exact) mass is 414 g/mol. The van der Waals surface area contributed by atoms with Crippen LogP contribution in [-0.2, 0) is 6.54 Å². The van der Waals surface area contributed by atoms with Crippen molar-refractivity contribution in [3.63, 3.8) is 0 Å². The molecular weight excluding hydrogens is 399 g/mol.